The van der Waals surface area contributed by atoms with E-state index in [1.807, 2.05) is 49.4 Å². The van der Waals surface area contributed by atoms with Gasteiger partial charge in [-0.2, -0.15) is 0 Å². The molecule has 33 heavy (non-hydrogen) atoms. The molecule has 0 radical (unpaired) electrons. The molecule has 4 rings (SSSR count). The molecule has 168 valence electrons. The third kappa shape index (κ3) is 4.08. The predicted molar refractivity (Wildman–Crippen MR) is 124 cm³/mol. The first-order valence-electron chi connectivity index (χ1n) is 10.3. The van der Waals surface area contributed by atoms with Crippen molar-refractivity contribution in [2.45, 2.75) is 13.8 Å². The first kappa shape index (κ1) is 21.8. The minimum Gasteiger partial charge on any atom is -0.493 e. The van der Waals surface area contributed by atoms with Crippen molar-refractivity contribution in [2.24, 2.45) is 0 Å². The highest BCUT2D eigenvalue weighted by Crippen LogP contribution is 2.36. The van der Waals surface area contributed by atoms with Gasteiger partial charge in [-0.25, -0.2) is 4.98 Å². The van der Waals surface area contributed by atoms with Crippen molar-refractivity contribution >= 4 is 23.1 Å². The zero-order valence-corrected chi connectivity index (χ0v) is 18.4. The van der Waals surface area contributed by atoms with Crippen molar-refractivity contribution in [3.05, 3.63) is 82.0 Å². The minimum absolute atomic E-state index is 0.147. The van der Waals surface area contributed by atoms with Crippen LogP contribution in [0.15, 0.2) is 60.8 Å². The van der Waals surface area contributed by atoms with E-state index in [2.05, 4.69) is 5.32 Å². The van der Waals surface area contributed by atoms with Gasteiger partial charge < -0.3 is 14.8 Å². The maximum atomic E-state index is 13.4. The Morgan fingerprint density at radius 1 is 1.15 bits per heavy atom. The molecule has 4 aromatic rings. The lowest BCUT2D eigenvalue weighted by atomic mass is 10.1. The Morgan fingerprint density at radius 2 is 1.91 bits per heavy atom. The number of hydrogen-bond donors (Lipinski definition) is 1. The number of nitrogens with one attached hydrogen (secondary N) is 1. The largest absolute Gasteiger partial charge is 0.493 e. The van der Waals surface area contributed by atoms with Crippen LogP contribution in [0, 0.1) is 17.0 Å². The number of benzene rings is 2. The SMILES string of the molecule is CCOc1cc(C(=O)Nc2c(-c3ccccc3)nc3c(C)cccn23)c([N+](=O)[O-])cc1OC. The van der Waals surface area contributed by atoms with Crippen LogP contribution in [0.4, 0.5) is 11.5 Å². The maximum absolute atomic E-state index is 13.4. The molecule has 2 heterocycles. The molecule has 1 amide bonds. The number of rotatable bonds is 7. The Kier molecular flexibility index (Phi) is 5.95. The van der Waals surface area contributed by atoms with E-state index >= 15 is 0 Å². The molecule has 0 aliphatic heterocycles. The number of carbonyl (C=O) groups excluding carboxylic acids is 1. The van der Waals surface area contributed by atoms with E-state index < -0.39 is 10.8 Å². The van der Waals surface area contributed by atoms with Crippen molar-refractivity contribution in [1.29, 1.82) is 0 Å². The third-order valence-corrected chi connectivity index (χ3v) is 5.15. The van der Waals surface area contributed by atoms with E-state index in [1.54, 1.807) is 17.5 Å². The summed E-state index contributed by atoms with van der Waals surface area (Å²) in [5.74, 6) is 0.169. The van der Waals surface area contributed by atoms with Gasteiger partial charge in [0.25, 0.3) is 11.6 Å². The molecule has 0 saturated heterocycles. The normalized spacial score (nSPS) is 10.8. The zero-order valence-electron chi connectivity index (χ0n) is 18.4. The number of nitrogens with zero attached hydrogens (tertiary/aromatic N) is 3. The van der Waals surface area contributed by atoms with Gasteiger partial charge in [-0.3, -0.25) is 19.3 Å². The Balaban J connectivity index is 1.86. The fraction of sp³-hybridized carbons (Fsp3) is 0.167. The summed E-state index contributed by atoms with van der Waals surface area (Å²) in [5, 5.41) is 14.6. The highest BCUT2D eigenvalue weighted by atomic mass is 16.6. The average Bonchev–Trinajstić information content (AvgIpc) is 3.19. The lowest BCUT2D eigenvalue weighted by Gasteiger charge is -2.13. The quantitative estimate of drug-likeness (QED) is 0.320. The fourth-order valence-electron chi connectivity index (χ4n) is 3.61. The summed E-state index contributed by atoms with van der Waals surface area (Å²) < 4.78 is 12.5. The molecule has 0 fully saturated rings. The molecule has 9 heteroatoms. The molecule has 0 bridgehead atoms. The molecular formula is C24H22N4O5. The lowest BCUT2D eigenvalue weighted by molar-refractivity contribution is -0.385. The molecule has 0 spiro atoms. The second-order valence-electron chi connectivity index (χ2n) is 7.22. The summed E-state index contributed by atoms with van der Waals surface area (Å²) in [7, 11) is 1.38. The first-order chi connectivity index (χ1) is 15.9. The number of aryl methyl sites for hydroxylation is 1. The van der Waals surface area contributed by atoms with E-state index in [4.69, 9.17) is 14.5 Å². The van der Waals surface area contributed by atoms with Gasteiger partial charge in [-0.05, 0) is 25.5 Å². The van der Waals surface area contributed by atoms with Gasteiger partial charge in [-0.15, -0.1) is 0 Å². The molecule has 0 saturated carbocycles. The number of hydrogen-bond acceptors (Lipinski definition) is 6. The zero-order chi connectivity index (χ0) is 23.5. The molecule has 0 atom stereocenters. The molecular weight excluding hydrogens is 424 g/mol. The Hall–Kier alpha value is -4.40. The summed E-state index contributed by atoms with van der Waals surface area (Å²) in [5.41, 5.74) is 2.41. The third-order valence-electron chi connectivity index (χ3n) is 5.15. The van der Waals surface area contributed by atoms with Crippen LogP contribution >= 0.6 is 0 Å². The average molecular weight is 446 g/mol. The predicted octanol–water partition coefficient (Wildman–Crippen LogP) is 4.88. The molecule has 0 unspecified atom stereocenters. The smallest absolute Gasteiger partial charge is 0.286 e. The summed E-state index contributed by atoms with van der Waals surface area (Å²) >= 11 is 0. The fourth-order valence-corrected chi connectivity index (χ4v) is 3.61. The first-order valence-corrected chi connectivity index (χ1v) is 10.3. The van der Waals surface area contributed by atoms with Crippen LogP contribution in [0.2, 0.25) is 0 Å². The van der Waals surface area contributed by atoms with E-state index in [0.717, 1.165) is 11.1 Å². The van der Waals surface area contributed by atoms with Gasteiger partial charge >= 0.3 is 0 Å². The monoisotopic (exact) mass is 446 g/mol. The summed E-state index contributed by atoms with van der Waals surface area (Å²) in [6.07, 6.45) is 1.78. The Morgan fingerprint density at radius 3 is 2.58 bits per heavy atom. The summed E-state index contributed by atoms with van der Waals surface area (Å²) in [6.45, 7) is 4.00. The number of methoxy groups -OCH3 is 1. The standard InChI is InChI=1S/C24H22N4O5/c1-4-33-20-13-17(18(28(30)31)14-19(20)32-3)24(29)26-23-21(16-10-6-5-7-11-16)25-22-15(2)9-8-12-27(22)23/h5-14H,4H2,1-3H3,(H,26,29). The van der Waals surface area contributed by atoms with Crippen LogP contribution in [0.3, 0.4) is 0 Å². The van der Waals surface area contributed by atoms with Crippen molar-refractivity contribution in [1.82, 2.24) is 9.38 Å². The van der Waals surface area contributed by atoms with Gasteiger partial charge in [0.2, 0.25) is 0 Å². The maximum Gasteiger partial charge on any atom is 0.286 e. The summed E-state index contributed by atoms with van der Waals surface area (Å²) in [6, 6.07) is 15.7. The molecule has 0 aliphatic carbocycles. The van der Waals surface area contributed by atoms with E-state index in [9.17, 15) is 14.9 Å². The number of amides is 1. The number of pyridine rings is 1. The summed E-state index contributed by atoms with van der Waals surface area (Å²) in [4.78, 5) is 29.2. The van der Waals surface area contributed by atoms with Gasteiger partial charge in [0, 0.05) is 17.8 Å². The molecule has 2 aromatic heterocycles. The van der Waals surface area contributed by atoms with Crippen molar-refractivity contribution in [3.8, 4) is 22.8 Å². The number of ether oxygens (including phenoxy) is 2. The number of nitro benzene ring substituents is 1. The van der Waals surface area contributed by atoms with Crippen LogP contribution in [0.5, 0.6) is 11.5 Å². The second-order valence-corrected chi connectivity index (χ2v) is 7.22. The van der Waals surface area contributed by atoms with E-state index in [1.165, 1.54) is 19.2 Å². The highest BCUT2D eigenvalue weighted by molar-refractivity contribution is 6.08. The van der Waals surface area contributed by atoms with Crippen LogP contribution in [0.25, 0.3) is 16.9 Å². The van der Waals surface area contributed by atoms with Crippen LogP contribution in [-0.4, -0.2) is 33.9 Å². The Labute approximate surface area is 189 Å². The van der Waals surface area contributed by atoms with Gasteiger partial charge in [-0.1, -0.05) is 36.4 Å². The number of imidazole rings is 1. The number of carbonyl (C=O) groups is 1. The van der Waals surface area contributed by atoms with Gasteiger partial charge in [0.15, 0.2) is 11.5 Å². The van der Waals surface area contributed by atoms with Crippen LogP contribution in [-0.2, 0) is 0 Å². The number of fused-ring (bicyclic) bond motifs is 1. The molecule has 9 nitrogen and oxygen atoms in total. The number of anilines is 1. The van der Waals surface area contributed by atoms with E-state index in [0.29, 0.717) is 23.8 Å². The number of nitro groups is 1. The highest BCUT2D eigenvalue weighted by Gasteiger charge is 2.27. The van der Waals surface area contributed by atoms with Crippen molar-refractivity contribution in [2.75, 3.05) is 19.0 Å². The second kappa shape index (κ2) is 8.99. The van der Waals surface area contributed by atoms with Gasteiger partial charge in [0.1, 0.15) is 22.7 Å². The van der Waals surface area contributed by atoms with Crippen LogP contribution < -0.4 is 14.8 Å². The molecule has 0 aliphatic rings. The topological polar surface area (TPSA) is 108 Å². The lowest BCUT2D eigenvalue weighted by Crippen LogP contribution is -2.16. The van der Waals surface area contributed by atoms with Crippen molar-refractivity contribution < 1.29 is 19.2 Å². The number of aromatic nitrogens is 2. The van der Waals surface area contributed by atoms with Crippen LogP contribution in [0.1, 0.15) is 22.8 Å². The van der Waals surface area contributed by atoms with Crippen molar-refractivity contribution in [3.63, 3.8) is 0 Å². The van der Waals surface area contributed by atoms with Gasteiger partial charge in [0.05, 0.1) is 24.7 Å². The Bertz CT molecular complexity index is 1350. The molecule has 1 N–H and O–H groups in total. The molecule has 2 aromatic carbocycles. The minimum atomic E-state index is -0.661. The van der Waals surface area contributed by atoms with E-state index in [-0.39, 0.29) is 22.7 Å².